The third kappa shape index (κ3) is 6.87. The van der Waals surface area contributed by atoms with Crippen molar-refractivity contribution in [2.24, 2.45) is 0 Å². The number of Topliss-reactive ketones (excluding diaryl/α,β-unsaturated/α-hetero) is 1. The van der Waals surface area contributed by atoms with Crippen molar-refractivity contribution in [1.82, 2.24) is 5.32 Å². The molecule has 0 spiro atoms. The van der Waals surface area contributed by atoms with Crippen LogP contribution in [0.25, 0.3) is 0 Å². The number of rotatable bonds is 8. The van der Waals surface area contributed by atoms with Crippen molar-refractivity contribution in [3.63, 3.8) is 0 Å². The predicted molar refractivity (Wildman–Crippen MR) is 94.8 cm³/mol. The topological polar surface area (TPSA) is 104 Å². The summed E-state index contributed by atoms with van der Waals surface area (Å²) in [6.07, 6.45) is 17.0. The Kier molecular flexibility index (Phi) is 8.43. The maximum atomic E-state index is 12.1. The first-order valence-corrected chi connectivity index (χ1v) is 7.76. The molecule has 0 radical (unpaired) electrons. The standard InChI is InChI=1S/C19H21NO5/c1-2-3-4-5-6-7-8-9-10-11-15(21)17-18(24)14(20-19(17)25)12-13-16(22)23/h2-11,14,21H,12-13H2,1H3,(H,20,25)(H,22,23)/b3-2+,5-4+,7-6+,9-8+,11-10+,17-15?/t14-/m1/s1. The van der Waals surface area contributed by atoms with E-state index in [4.69, 9.17) is 5.11 Å². The summed E-state index contributed by atoms with van der Waals surface area (Å²) in [5, 5.41) is 20.9. The van der Waals surface area contributed by atoms with E-state index in [1.54, 1.807) is 18.2 Å². The maximum absolute atomic E-state index is 12.1. The van der Waals surface area contributed by atoms with Gasteiger partial charge in [0.15, 0.2) is 5.78 Å². The molecule has 6 nitrogen and oxygen atoms in total. The lowest BCUT2D eigenvalue weighted by Crippen LogP contribution is -2.29. The second-order valence-corrected chi connectivity index (χ2v) is 5.12. The zero-order valence-corrected chi connectivity index (χ0v) is 13.9. The lowest BCUT2D eigenvalue weighted by molar-refractivity contribution is -0.137. The zero-order chi connectivity index (χ0) is 18.7. The van der Waals surface area contributed by atoms with E-state index in [9.17, 15) is 19.5 Å². The van der Waals surface area contributed by atoms with Crippen LogP contribution in [0.1, 0.15) is 19.8 Å². The lowest BCUT2D eigenvalue weighted by Gasteiger charge is -2.04. The Labute approximate surface area is 146 Å². The fraction of sp³-hybridized carbons (Fsp3) is 0.211. The molecular weight excluding hydrogens is 322 g/mol. The van der Waals surface area contributed by atoms with E-state index >= 15 is 0 Å². The van der Waals surface area contributed by atoms with E-state index in [-0.39, 0.29) is 18.4 Å². The minimum atomic E-state index is -1.05. The van der Waals surface area contributed by atoms with Crippen LogP contribution in [0.4, 0.5) is 0 Å². The van der Waals surface area contributed by atoms with Crippen molar-refractivity contribution in [2.45, 2.75) is 25.8 Å². The molecule has 132 valence electrons. The highest BCUT2D eigenvalue weighted by atomic mass is 16.4. The molecule has 0 aromatic heterocycles. The Morgan fingerprint density at radius 2 is 1.56 bits per heavy atom. The van der Waals surface area contributed by atoms with E-state index in [0.717, 1.165) is 0 Å². The summed E-state index contributed by atoms with van der Waals surface area (Å²) in [5.74, 6) is -2.78. The van der Waals surface area contributed by atoms with Gasteiger partial charge in [-0.15, -0.1) is 0 Å². The van der Waals surface area contributed by atoms with Crippen LogP contribution in [0.3, 0.4) is 0 Å². The highest BCUT2D eigenvalue weighted by Gasteiger charge is 2.37. The molecule has 1 amide bonds. The Hall–Kier alpha value is -3.15. The van der Waals surface area contributed by atoms with Gasteiger partial charge in [-0.2, -0.15) is 0 Å². The molecule has 1 fully saturated rings. The van der Waals surface area contributed by atoms with Crippen LogP contribution in [0.5, 0.6) is 0 Å². The van der Waals surface area contributed by atoms with Crippen LogP contribution in [0.2, 0.25) is 0 Å². The number of carbonyl (C=O) groups is 3. The van der Waals surface area contributed by atoms with Crippen molar-refractivity contribution in [3.8, 4) is 0 Å². The lowest BCUT2D eigenvalue weighted by atomic mass is 10.0. The van der Waals surface area contributed by atoms with Crippen molar-refractivity contribution in [1.29, 1.82) is 0 Å². The monoisotopic (exact) mass is 343 g/mol. The van der Waals surface area contributed by atoms with Gasteiger partial charge in [0.25, 0.3) is 5.91 Å². The van der Waals surface area contributed by atoms with Gasteiger partial charge in [-0.25, -0.2) is 0 Å². The minimum absolute atomic E-state index is 0.00810. The number of aliphatic hydroxyl groups is 1. The highest BCUT2D eigenvalue weighted by molar-refractivity contribution is 6.27. The van der Waals surface area contributed by atoms with E-state index in [1.807, 2.05) is 37.3 Å². The number of aliphatic hydroxyl groups excluding tert-OH is 1. The number of aliphatic carboxylic acids is 1. The maximum Gasteiger partial charge on any atom is 0.303 e. The molecule has 0 unspecified atom stereocenters. The molecule has 0 aliphatic carbocycles. The van der Waals surface area contributed by atoms with Crippen molar-refractivity contribution in [3.05, 3.63) is 72.1 Å². The summed E-state index contributed by atoms with van der Waals surface area (Å²) in [5.41, 5.74) is -0.343. The first kappa shape index (κ1) is 19.9. The number of hydrogen-bond acceptors (Lipinski definition) is 4. The number of carboxylic acid groups (broad SMARTS) is 1. The Balaban J connectivity index is 2.67. The molecule has 25 heavy (non-hydrogen) atoms. The Morgan fingerprint density at radius 3 is 2.12 bits per heavy atom. The van der Waals surface area contributed by atoms with Crippen molar-refractivity contribution in [2.75, 3.05) is 0 Å². The highest BCUT2D eigenvalue weighted by Crippen LogP contribution is 2.17. The summed E-state index contributed by atoms with van der Waals surface area (Å²) in [4.78, 5) is 34.4. The molecule has 1 atom stereocenters. The molecule has 1 heterocycles. The molecule has 3 N–H and O–H groups in total. The smallest absolute Gasteiger partial charge is 0.303 e. The summed E-state index contributed by atoms with van der Waals surface area (Å²) in [6, 6.07) is -0.906. The van der Waals surface area contributed by atoms with Gasteiger partial charge in [0.2, 0.25) is 0 Å². The van der Waals surface area contributed by atoms with Gasteiger partial charge in [-0.1, -0.05) is 54.7 Å². The molecule has 0 aromatic carbocycles. The van der Waals surface area contributed by atoms with Gasteiger partial charge in [0, 0.05) is 6.42 Å². The zero-order valence-electron chi connectivity index (χ0n) is 13.9. The van der Waals surface area contributed by atoms with Crippen LogP contribution in [0.15, 0.2) is 72.1 Å². The Bertz CT molecular complexity index is 693. The van der Waals surface area contributed by atoms with Crippen LogP contribution in [-0.2, 0) is 14.4 Å². The van der Waals surface area contributed by atoms with Crippen LogP contribution >= 0.6 is 0 Å². The molecule has 6 heteroatoms. The summed E-state index contributed by atoms with van der Waals surface area (Å²) >= 11 is 0. The first-order valence-electron chi connectivity index (χ1n) is 7.76. The average Bonchev–Trinajstić information content (AvgIpc) is 2.85. The average molecular weight is 343 g/mol. The number of nitrogens with one attached hydrogen (secondary N) is 1. The minimum Gasteiger partial charge on any atom is -0.507 e. The molecule has 0 bridgehead atoms. The molecule has 0 aromatic rings. The second-order valence-electron chi connectivity index (χ2n) is 5.12. The molecule has 1 aliphatic rings. The van der Waals surface area contributed by atoms with Crippen LogP contribution < -0.4 is 5.32 Å². The largest absolute Gasteiger partial charge is 0.507 e. The van der Waals surface area contributed by atoms with Gasteiger partial charge in [-0.3, -0.25) is 14.4 Å². The first-order chi connectivity index (χ1) is 12.0. The molecule has 1 saturated heterocycles. The van der Waals surface area contributed by atoms with Crippen LogP contribution in [-0.4, -0.2) is 33.9 Å². The fourth-order valence-electron chi connectivity index (χ4n) is 2.02. The van der Waals surface area contributed by atoms with Gasteiger partial charge in [0.1, 0.15) is 11.3 Å². The summed E-state index contributed by atoms with van der Waals surface area (Å²) in [6.45, 7) is 1.92. The number of allylic oxidation sites excluding steroid dienone is 10. The van der Waals surface area contributed by atoms with E-state index in [1.165, 1.54) is 12.2 Å². The van der Waals surface area contributed by atoms with Gasteiger partial charge < -0.3 is 15.5 Å². The molecular formula is C19H21NO5. The fourth-order valence-corrected chi connectivity index (χ4v) is 2.02. The van der Waals surface area contributed by atoms with Gasteiger partial charge >= 0.3 is 5.97 Å². The number of carbonyl (C=O) groups excluding carboxylic acids is 2. The summed E-state index contributed by atoms with van der Waals surface area (Å²) < 4.78 is 0. The van der Waals surface area contributed by atoms with Crippen molar-refractivity contribution >= 4 is 17.7 Å². The summed E-state index contributed by atoms with van der Waals surface area (Å²) in [7, 11) is 0. The van der Waals surface area contributed by atoms with Gasteiger partial charge in [0.05, 0.1) is 6.04 Å². The Morgan fingerprint density at radius 1 is 1.00 bits per heavy atom. The molecule has 0 saturated carbocycles. The second kappa shape index (κ2) is 10.6. The predicted octanol–water partition coefficient (Wildman–Crippen LogP) is 2.53. The van der Waals surface area contributed by atoms with Crippen molar-refractivity contribution < 1.29 is 24.6 Å². The van der Waals surface area contributed by atoms with E-state index in [0.29, 0.717) is 0 Å². The number of hydrogen-bond donors (Lipinski definition) is 3. The third-order valence-corrected chi connectivity index (χ3v) is 3.22. The molecule has 1 aliphatic heterocycles. The van der Waals surface area contributed by atoms with E-state index in [2.05, 4.69) is 5.32 Å². The third-order valence-electron chi connectivity index (χ3n) is 3.22. The normalized spacial score (nSPS) is 20.8. The number of amides is 1. The SMILES string of the molecule is C/C=C/C=C/C=C/C=C/C=C/C(O)=C1C(=O)N[C@H](CCC(=O)O)C1=O. The molecule has 1 rings (SSSR count). The number of carboxylic acids is 1. The van der Waals surface area contributed by atoms with E-state index < -0.39 is 29.5 Å². The quantitative estimate of drug-likeness (QED) is 0.272. The van der Waals surface area contributed by atoms with Crippen LogP contribution in [0, 0.1) is 0 Å². The number of ketones is 1. The van der Waals surface area contributed by atoms with Gasteiger partial charge in [-0.05, 0) is 19.4 Å².